The van der Waals surface area contributed by atoms with Crippen LogP contribution in [-0.2, 0) is 16.1 Å². The fourth-order valence-electron chi connectivity index (χ4n) is 1.81. The van der Waals surface area contributed by atoms with Crippen molar-refractivity contribution in [2.45, 2.75) is 17.7 Å². The van der Waals surface area contributed by atoms with Gasteiger partial charge >= 0.3 is 13.8 Å². The van der Waals surface area contributed by atoms with Crippen LogP contribution in [0.15, 0.2) is 40.9 Å². The van der Waals surface area contributed by atoms with Gasteiger partial charge in [0.2, 0.25) is 0 Å². The summed E-state index contributed by atoms with van der Waals surface area (Å²) in [5.41, 5.74) is 1.84. The Balaban J connectivity index is 1.97. The predicted octanol–water partition coefficient (Wildman–Crippen LogP) is 6.98. The average Bonchev–Trinajstić information content (AvgIpc) is 2.52. The van der Waals surface area contributed by atoms with Gasteiger partial charge in [0.05, 0.1) is 4.47 Å². The summed E-state index contributed by atoms with van der Waals surface area (Å²) in [4.78, 5) is 9.09. The van der Waals surface area contributed by atoms with E-state index >= 15 is 0 Å². The molecule has 3 nitrogen and oxygen atoms in total. The molecule has 0 fully saturated rings. The molecule has 0 aliphatic carbocycles. The predicted molar refractivity (Wildman–Crippen MR) is 102 cm³/mol. The molecule has 0 radical (unpaired) electrons. The Bertz CT molecular complexity index is 810. The van der Waals surface area contributed by atoms with Crippen molar-refractivity contribution < 1.29 is 22.8 Å². The van der Waals surface area contributed by atoms with Crippen LogP contribution < -0.4 is 4.52 Å². The molecule has 0 aliphatic heterocycles. The van der Waals surface area contributed by atoms with E-state index in [0.29, 0.717) is 26.0 Å². The van der Waals surface area contributed by atoms with Crippen LogP contribution in [0, 0.1) is 0 Å². The summed E-state index contributed by atoms with van der Waals surface area (Å²) in [6.45, 7) is 0. The third-order valence-corrected chi connectivity index (χ3v) is 6.22. The molecule has 0 aliphatic rings. The Morgan fingerprint density at radius 2 is 1.92 bits per heavy atom. The topological polar surface area (TPSA) is 46.5 Å². The molecule has 25 heavy (non-hydrogen) atoms. The summed E-state index contributed by atoms with van der Waals surface area (Å²) in [6.07, 6.45) is -3.46. The highest BCUT2D eigenvalue weighted by Crippen LogP contribution is 2.50. The van der Waals surface area contributed by atoms with Gasteiger partial charge in [-0.05, 0) is 51.3 Å². The molecule has 2 rings (SSSR count). The van der Waals surface area contributed by atoms with E-state index in [1.54, 1.807) is 36.0 Å². The highest BCUT2D eigenvalue weighted by Gasteiger charge is 2.34. The van der Waals surface area contributed by atoms with E-state index in [-0.39, 0.29) is 5.75 Å². The van der Waals surface area contributed by atoms with Gasteiger partial charge in [0.1, 0.15) is 5.75 Å². The lowest BCUT2D eigenvalue weighted by atomic mass is 10.2. The zero-order valence-electron chi connectivity index (χ0n) is 12.5. The van der Waals surface area contributed by atoms with Crippen molar-refractivity contribution in [3.05, 3.63) is 62.0 Å². The van der Waals surface area contributed by atoms with Gasteiger partial charge in [0.15, 0.2) is 0 Å². The summed E-state index contributed by atoms with van der Waals surface area (Å²) < 4.78 is 40.9. The van der Waals surface area contributed by atoms with Gasteiger partial charge in [-0.25, -0.2) is 4.57 Å². The first-order valence-corrected chi connectivity index (χ1v) is 11.1. The Hall–Kier alpha value is -0.300. The largest absolute Gasteiger partial charge is 0.442 e. The van der Waals surface area contributed by atoms with Crippen LogP contribution in [0.1, 0.15) is 11.1 Å². The first-order chi connectivity index (χ1) is 11.7. The zero-order valence-corrected chi connectivity index (χ0v) is 17.3. The van der Waals surface area contributed by atoms with Gasteiger partial charge < -0.3 is 9.42 Å². The second-order valence-electron chi connectivity index (χ2n) is 4.93. The average molecular weight is 492 g/mol. The molecule has 0 spiro atoms. The highest BCUT2D eigenvalue weighted by atomic mass is 79.9. The fraction of sp³-hybridized carbons (Fsp3) is 0.200. The maximum absolute atomic E-state index is 12.4. The number of thioether (sulfide) groups is 1. The molecule has 0 saturated carbocycles. The Labute approximate surface area is 166 Å². The first kappa shape index (κ1) is 21.0. The summed E-state index contributed by atoms with van der Waals surface area (Å²) in [6, 6.07) is 9.97. The third-order valence-electron chi connectivity index (χ3n) is 3.01. The standard InChI is InChI=1S/C15H12BrCl2F2O3PS/c16-12-5-9(1-4-14(12)23-24(21,22)15(19)20)7-25-8-10-2-3-11(17)6-13(10)18/h1-6,15H,7-8H2,(H,21,22). The molecule has 0 aromatic heterocycles. The maximum atomic E-state index is 12.4. The molecule has 1 unspecified atom stereocenters. The van der Waals surface area contributed by atoms with Crippen molar-refractivity contribution in [1.29, 1.82) is 0 Å². The minimum Gasteiger partial charge on any atom is -0.420 e. The molecule has 136 valence electrons. The number of hydrogen-bond donors (Lipinski definition) is 1. The number of halogens is 5. The summed E-state index contributed by atoms with van der Waals surface area (Å²) >= 11 is 16.7. The second kappa shape index (κ2) is 9.07. The quantitative estimate of drug-likeness (QED) is 0.424. The lowest BCUT2D eigenvalue weighted by molar-refractivity contribution is 0.188. The van der Waals surface area contributed by atoms with E-state index in [0.717, 1.165) is 11.1 Å². The molecular formula is C15H12BrCl2F2O3PS. The van der Waals surface area contributed by atoms with E-state index in [2.05, 4.69) is 20.5 Å². The molecule has 10 heteroatoms. The van der Waals surface area contributed by atoms with Crippen LogP contribution in [0.2, 0.25) is 10.0 Å². The zero-order chi connectivity index (χ0) is 18.6. The van der Waals surface area contributed by atoms with Crippen molar-refractivity contribution in [3.63, 3.8) is 0 Å². The minimum absolute atomic E-state index is 0.111. The van der Waals surface area contributed by atoms with Crippen LogP contribution in [0.4, 0.5) is 8.78 Å². The van der Waals surface area contributed by atoms with Crippen molar-refractivity contribution in [3.8, 4) is 5.75 Å². The van der Waals surface area contributed by atoms with Crippen LogP contribution in [0.25, 0.3) is 0 Å². The van der Waals surface area contributed by atoms with Gasteiger partial charge in [-0.1, -0.05) is 35.3 Å². The summed E-state index contributed by atoms with van der Waals surface area (Å²) in [5, 5.41) is 1.17. The molecule has 2 aromatic rings. The molecular weight excluding hydrogens is 480 g/mol. The Morgan fingerprint density at radius 1 is 1.20 bits per heavy atom. The normalized spacial score (nSPS) is 13.7. The molecule has 1 atom stereocenters. The van der Waals surface area contributed by atoms with Gasteiger partial charge in [-0.3, -0.25) is 0 Å². The molecule has 1 N–H and O–H groups in total. The van der Waals surface area contributed by atoms with Crippen LogP contribution >= 0.6 is 58.5 Å². The van der Waals surface area contributed by atoms with Crippen molar-refractivity contribution in [2.75, 3.05) is 0 Å². The van der Waals surface area contributed by atoms with Gasteiger partial charge in [-0.2, -0.15) is 20.5 Å². The monoisotopic (exact) mass is 490 g/mol. The number of benzene rings is 2. The van der Waals surface area contributed by atoms with Gasteiger partial charge in [0, 0.05) is 21.6 Å². The number of alkyl halides is 2. The Morgan fingerprint density at radius 3 is 2.52 bits per heavy atom. The molecule has 2 aromatic carbocycles. The van der Waals surface area contributed by atoms with Crippen LogP contribution in [-0.4, -0.2) is 11.1 Å². The molecule has 0 heterocycles. The second-order valence-corrected chi connectivity index (χ2v) is 9.31. The third kappa shape index (κ3) is 6.12. The van der Waals surface area contributed by atoms with Crippen LogP contribution in [0.5, 0.6) is 5.75 Å². The van der Waals surface area contributed by atoms with Crippen molar-refractivity contribution in [1.82, 2.24) is 0 Å². The molecule has 0 amide bonds. The minimum atomic E-state index is -4.99. The van der Waals surface area contributed by atoms with E-state index in [1.165, 1.54) is 6.07 Å². The molecule has 0 saturated heterocycles. The van der Waals surface area contributed by atoms with E-state index in [4.69, 9.17) is 28.1 Å². The maximum Gasteiger partial charge on any atom is 0.442 e. The first-order valence-electron chi connectivity index (χ1n) is 6.79. The number of hydrogen-bond acceptors (Lipinski definition) is 3. The fourth-order valence-corrected chi connectivity index (χ4v) is 4.50. The van der Waals surface area contributed by atoms with E-state index < -0.39 is 13.8 Å². The lowest BCUT2D eigenvalue weighted by Gasteiger charge is -2.14. The highest BCUT2D eigenvalue weighted by molar-refractivity contribution is 9.10. The summed E-state index contributed by atoms with van der Waals surface area (Å²) in [5.74, 6) is 1.19. The van der Waals surface area contributed by atoms with Gasteiger partial charge in [-0.15, -0.1) is 0 Å². The van der Waals surface area contributed by atoms with Crippen LogP contribution in [0.3, 0.4) is 0 Å². The van der Waals surface area contributed by atoms with Crippen molar-refractivity contribution >= 4 is 58.5 Å². The SMILES string of the molecule is O=P(O)(Oc1ccc(CSCc2ccc(Cl)cc2Cl)cc1Br)C(F)F. The Kier molecular flexibility index (Phi) is 7.62. The van der Waals surface area contributed by atoms with Crippen molar-refractivity contribution in [2.24, 2.45) is 0 Å². The molecule has 0 bridgehead atoms. The number of rotatable bonds is 7. The smallest absolute Gasteiger partial charge is 0.420 e. The summed E-state index contributed by atoms with van der Waals surface area (Å²) in [7, 11) is -4.99. The van der Waals surface area contributed by atoms with E-state index in [1.807, 2.05) is 6.07 Å². The van der Waals surface area contributed by atoms with Gasteiger partial charge in [0.25, 0.3) is 0 Å². The van der Waals surface area contributed by atoms with E-state index in [9.17, 15) is 13.3 Å². The lowest BCUT2D eigenvalue weighted by Crippen LogP contribution is -2.01.